The summed E-state index contributed by atoms with van der Waals surface area (Å²) in [6.45, 7) is 3.38. The van der Waals surface area contributed by atoms with E-state index < -0.39 is 12.7 Å². The standard InChI is InChI=1S/C11H16FNO/c1-8(2)14-10-5-3-9(4-6-10)11(13)7-12/h3-6,8,11H,7,13H2,1-2H3/t11-/m1/s1. The molecule has 0 spiro atoms. The summed E-state index contributed by atoms with van der Waals surface area (Å²) in [5, 5.41) is 0. The first-order valence-electron chi connectivity index (χ1n) is 4.71. The van der Waals surface area contributed by atoms with E-state index >= 15 is 0 Å². The van der Waals surface area contributed by atoms with Crippen molar-refractivity contribution in [3.63, 3.8) is 0 Å². The predicted octanol–water partition coefficient (Wildman–Crippen LogP) is 2.44. The van der Waals surface area contributed by atoms with Gasteiger partial charge in [0.1, 0.15) is 12.4 Å². The van der Waals surface area contributed by atoms with Crippen LogP contribution in [0.2, 0.25) is 0 Å². The van der Waals surface area contributed by atoms with Crippen LogP contribution in [0, 0.1) is 0 Å². The van der Waals surface area contributed by atoms with Gasteiger partial charge in [-0.1, -0.05) is 12.1 Å². The van der Waals surface area contributed by atoms with Crippen molar-refractivity contribution in [1.29, 1.82) is 0 Å². The molecule has 0 saturated carbocycles. The Morgan fingerprint density at radius 2 is 1.86 bits per heavy atom. The number of halogens is 1. The van der Waals surface area contributed by atoms with Crippen LogP contribution in [0.15, 0.2) is 24.3 Å². The van der Waals surface area contributed by atoms with E-state index in [9.17, 15) is 4.39 Å². The van der Waals surface area contributed by atoms with Crippen molar-refractivity contribution in [3.8, 4) is 5.75 Å². The first-order valence-corrected chi connectivity index (χ1v) is 4.71. The Balaban J connectivity index is 2.68. The molecule has 1 atom stereocenters. The second-order valence-corrected chi connectivity index (χ2v) is 3.50. The van der Waals surface area contributed by atoms with E-state index in [0.29, 0.717) is 0 Å². The van der Waals surface area contributed by atoms with Gasteiger partial charge in [0.05, 0.1) is 12.1 Å². The summed E-state index contributed by atoms with van der Waals surface area (Å²) in [5.74, 6) is 0.787. The van der Waals surface area contributed by atoms with E-state index in [0.717, 1.165) is 11.3 Å². The minimum Gasteiger partial charge on any atom is -0.491 e. The topological polar surface area (TPSA) is 35.2 Å². The number of rotatable bonds is 4. The predicted molar refractivity (Wildman–Crippen MR) is 55.1 cm³/mol. The first-order chi connectivity index (χ1) is 6.63. The van der Waals surface area contributed by atoms with Crippen LogP contribution in [-0.2, 0) is 0 Å². The summed E-state index contributed by atoms with van der Waals surface area (Å²) < 4.78 is 17.7. The van der Waals surface area contributed by atoms with Gasteiger partial charge in [0.25, 0.3) is 0 Å². The number of benzene rings is 1. The SMILES string of the molecule is CC(C)Oc1ccc([C@H](N)CF)cc1. The van der Waals surface area contributed by atoms with Gasteiger partial charge in [0.2, 0.25) is 0 Å². The molecule has 3 heteroatoms. The zero-order valence-electron chi connectivity index (χ0n) is 8.53. The molecule has 0 radical (unpaired) electrons. The zero-order valence-corrected chi connectivity index (χ0v) is 8.53. The van der Waals surface area contributed by atoms with Crippen LogP contribution >= 0.6 is 0 Å². The highest BCUT2D eigenvalue weighted by molar-refractivity contribution is 5.29. The largest absolute Gasteiger partial charge is 0.491 e. The van der Waals surface area contributed by atoms with Crippen LogP contribution < -0.4 is 10.5 Å². The fourth-order valence-corrected chi connectivity index (χ4v) is 1.15. The normalized spacial score (nSPS) is 12.9. The molecule has 78 valence electrons. The summed E-state index contributed by atoms with van der Waals surface area (Å²) >= 11 is 0. The Hall–Kier alpha value is -1.09. The Morgan fingerprint density at radius 1 is 1.29 bits per heavy atom. The van der Waals surface area contributed by atoms with E-state index in [1.807, 2.05) is 26.0 Å². The average molecular weight is 197 g/mol. The van der Waals surface area contributed by atoms with E-state index in [2.05, 4.69) is 0 Å². The minimum absolute atomic E-state index is 0.149. The molecule has 1 aromatic rings. The molecule has 0 amide bonds. The van der Waals surface area contributed by atoms with E-state index in [1.165, 1.54) is 0 Å². The van der Waals surface area contributed by atoms with Crippen LogP contribution in [0.4, 0.5) is 4.39 Å². The molecule has 0 aromatic heterocycles. The van der Waals surface area contributed by atoms with Gasteiger partial charge in [-0.15, -0.1) is 0 Å². The van der Waals surface area contributed by atoms with Gasteiger partial charge >= 0.3 is 0 Å². The summed E-state index contributed by atoms with van der Waals surface area (Å²) in [4.78, 5) is 0. The lowest BCUT2D eigenvalue weighted by atomic mass is 10.1. The van der Waals surface area contributed by atoms with Crippen molar-refractivity contribution in [1.82, 2.24) is 0 Å². The molecule has 14 heavy (non-hydrogen) atoms. The number of hydrogen-bond acceptors (Lipinski definition) is 2. The molecule has 2 N–H and O–H groups in total. The Morgan fingerprint density at radius 3 is 2.29 bits per heavy atom. The highest BCUT2D eigenvalue weighted by atomic mass is 19.1. The van der Waals surface area contributed by atoms with Gasteiger partial charge < -0.3 is 10.5 Å². The molecule has 0 aliphatic carbocycles. The van der Waals surface area contributed by atoms with Gasteiger partial charge in [-0.3, -0.25) is 0 Å². The van der Waals surface area contributed by atoms with Crippen LogP contribution in [0.25, 0.3) is 0 Å². The van der Waals surface area contributed by atoms with Gasteiger partial charge in [-0.05, 0) is 31.5 Å². The Labute approximate surface area is 83.9 Å². The van der Waals surface area contributed by atoms with Crippen molar-refractivity contribution in [2.75, 3.05) is 6.67 Å². The van der Waals surface area contributed by atoms with Crippen LogP contribution in [0.5, 0.6) is 5.75 Å². The maximum atomic E-state index is 12.2. The molecule has 0 aliphatic heterocycles. The van der Waals surface area contributed by atoms with E-state index in [-0.39, 0.29) is 6.10 Å². The number of ether oxygens (including phenoxy) is 1. The van der Waals surface area contributed by atoms with Crippen LogP contribution in [0.3, 0.4) is 0 Å². The van der Waals surface area contributed by atoms with Crippen molar-refractivity contribution in [2.45, 2.75) is 26.0 Å². The maximum Gasteiger partial charge on any atom is 0.119 e. The number of nitrogens with two attached hydrogens (primary N) is 1. The van der Waals surface area contributed by atoms with Crippen molar-refractivity contribution in [2.24, 2.45) is 5.73 Å². The fraction of sp³-hybridized carbons (Fsp3) is 0.455. The molecule has 0 saturated heterocycles. The summed E-state index contributed by atoms with van der Waals surface area (Å²) in [6, 6.07) is 6.68. The fourth-order valence-electron chi connectivity index (χ4n) is 1.15. The third kappa shape index (κ3) is 3.00. The van der Waals surface area contributed by atoms with Gasteiger partial charge in [-0.25, -0.2) is 4.39 Å². The van der Waals surface area contributed by atoms with E-state index in [1.54, 1.807) is 12.1 Å². The highest BCUT2D eigenvalue weighted by Gasteiger charge is 2.05. The summed E-state index contributed by atoms with van der Waals surface area (Å²) in [5.41, 5.74) is 6.32. The zero-order chi connectivity index (χ0) is 10.6. The third-order valence-electron chi connectivity index (χ3n) is 1.85. The van der Waals surface area contributed by atoms with Crippen molar-refractivity contribution in [3.05, 3.63) is 29.8 Å². The average Bonchev–Trinajstić information content (AvgIpc) is 2.17. The van der Waals surface area contributed by atoms with Crippen molar-refractivity contribution >= 4 is 0 Å². The minimum atomic E-state index is -0.537. The smallest absolute Gasteiger partial charge is 0.119 e. The van der Waals surface area contributed by atoms with Crippen LogP contribution in [-0.4, -0.2) is 12.8 Å². The molecule has 1 aromatic carbocycles. The lowest BCUT2D eigenvalue weighted by Gasteiger charge is -2.11. The Kier molecular flexibility index (Phi) is 3.89. The molecular formula is C11H16FNO. The molecule has 0 bridgehead atoms. The van der Waals surface area contributed by atoms with Gasteiger partial charge in [-0.2, -0.15) is 0 Å². The second kappa shape index (κ2) is 4.96. The summed E-state index contributed by atoms with van der Waals surface area (Å²) in [7, 11) is 0. The molecule has 0 heterocycles. The quantitative estimate of drug-likeness (QED) is 0.804. The third-order valence-corrected chi connectivity index (χ3v) is 1.85. The molecule has 0 unspecified atom stereocenters. The maximum absolute atomic E-state index is 12.2. The highest BCUT2D eigenvalue weighted by Crippen LogP contribution is 2.17. The van der Waals surface area contributed by atoms with E-state index in [4.69, 9.17) is 10.5 Å². The van der Waals surface area contributed by atoms with Gasteiger partial charge in [0.15, 0.2) is 0 Å². The van der Waals surface area contributed by atoms with Crippen LogP contribution in [0.1, 0.15) is 25.5 Å². The molecule has 0 aliphatic rings. The molecule has 2 nitrogen and oxygen atoms in total. The van der Waals surface area contributed by atoms with Gasteiger partial charge in [0, 0.05) is 0 Å². The van der Waals surface area contributed by atoms with Crippen molar-refractivity contribution < 1.29 is 9.13 Å². The Bertz CT molecular complexity index is 271. The molecular weight excluding hydrogens is 181 g/mol. The summed E-state index contributed by atoms with van der Waals surface area (Å²) in [6.07, 6.45) is 0.149. The monoisotopic (exact) mass is 197 g/mol. The molecule has 1 rings (SSSR count). The molecule has 0 fully saturated rings. The number of alkyl halides is 1. The number of hydrogen-bond donors (Lipinski definition) is 1. The first kappa shape index (κ1) is 11.0. The lowest BCUT2D eigenvalue weighted by molar-refractivity contribution is 0.242. The lowest BCUT2D eigenvalue weighted by Crippen LogP contribution is -2.12. The second-order valence-electron chi connectivity index (χ2n) is 3.50.